The standard InChI is InChI=1S/C25H29N3O/c1-3-27-15-17-28(18-16-27)25-23-13-6-4-10-21(23)19-22(26-25)12-8-11-20-9-5-7-14-24(20)29-2/h4-11,13-14,19H,3,12,15-18H2,1-2H3. The van der Waals surface area contributed by atoms with Gasteiger partial charge in [0.05, 0.1) is 7.11 Å². The van der Waals surface area contributed by atoms with E-state index in [9.17, 15) is 0 Å². The molecule has 2 aromatic carbocycles. The van der Waals surface area contributed by atoms with E-state index in [4.69, 9.17) is 9.72 Å². The summed E-state index contributed by atoms with van der Waals surface area (Å²) in [5.74, 6) is 2.02. The minimum atomic E-state index is 0.796. The summed E-state index contributed by atoms with van der Waals surface area (Å²) in [6.07, 6.45) is 5.09. The SMILES string of the molecule is CCN1CCN(c2nc(CC=Cc3ccccc3OC)cc3ccccc23)CC1. The van der Waals surface area contributed by atoms with Gasteiger partial charge in [-0.25, -0.2) is 4.98 Å². The van der Waals surface area contributed by atoms with Crippen molar-refractivity contribution in [1.29, 1.82) is 0 Å². The molecule has 1 fully saturated rings. The third-order valence-corrected chi connectivity index (χ3v) is 5.66. The summed E-state index contributed by atoms with van der Waals surface area (Å²) in [7, 11) is 1.71. The summed E-state index contributed by atoms with van der Waals surface area (Å²) in [5.41, 5.74) is 2.19. The average Bonchev–Trinajstić information content (AvgIpc) is 2.79. The zero-order chi connectivity index (χ0) is 20.1. The summed E-state index contributed by atoms with van der Waals surface area (Å²) in [6, 6.07) is 18.9. The second kappa shape index (κ2) is 9.10. The molecule has 29 heavy (non-hydrogen) atoms. The largest absolute Gasteiger partial charge is 0.496 e. The summed E-state index contributed by atoms with van der Waals surface area (Å²) in [4.78, 5) is 10.0. The lowest BCUT2D eigenvalue weighted by Crippen LogP contribution is -2.46. The number of hydrogen-bond donors (Lipinski definition) is 0. The van der Waals surface area contributed by atoms with Gasteiger partial charge < -0.3 is 14.5 Å². The number of piperazine rings is 1. The third kappa shape index (κ3) is 4.43. The van der Waals surface area contributed by atoms with Crippen molar-refractivity contribution < 1.29 is 4.74 Å². The van der Waals surface area contributed by atoms with Gasteiger partial charge in [-0.15, -0.1) is 0 Å². The number of methoxy groups -OCH3 is 1. The van der Waals surface area contributed by atoms with E-state index in [1.807, 2.05) is 18.2 Å². The van der Waals surface area contributed by atoms with E-state index >= 15 is 0 Å². The maximum absolute atomic E-state index is 5.44. The van der Waals surface area contributed by atoms with E-state index in [-0.39, 0.29) is 0 Å². The molecule has 1 aliphatic rings. The normalized spacial score (nSPS) is 15.3. The Morgan fingerprint density at radius 3 is 2.55 bits per heavy atom. The molecule has 1 saturated heterocycles. The van der Waals surface area contributed by atoms with Crippen LogP contribution in [0, 0.1) is 0 Å². The molecule has 2 heterocycles. The van der Waals surface area contributed by atoms with Gasteiger partial charge in [0, 0.05) is 49.2 Å². The van der Waals surface area contributed by atoms with Crippen LogP contribution in [0.3, 0.4) is 0 Å². The topological polar surface area (TPSA) is 28.6 Å². The Morgan fingerprint density at radius 2 is 1.76 bits per heavy atom. The lowest BCUT2D eigenvalue weighted by molar-refractivity contribution is 0.271. The molecule has 0 amide bonds. The predicted octanol–water partition coefficient (Wildman–Crippen LogP) is 4.64. The van der Waals surface area contributed by atoms with Crippen LogP contribution < -0.4 is 9.64 Å². The zero-order valence-corrected chi connectivity index (χ0v) is 17.3. The number of anilines is 1. The lowest BCUT2D eigenvalue weighted by atomic mass is 10.1. The van der Waals surface area contributed by atoms with Gasteiger partial charge in [0.2, 0.25) is 0 Å². The van der Waals surface area contributed by atoms with E-state index in [0.29, 0.717) is 0 Å². The van der Waals surface area contributed by atoms with Gasteiger partial charge in [0.1, 0.15) is 11.6 Å². The summed E-state index contributed by atoms with van der Waals surface area (Å²) < 4.78 is 5.44. The van der Waals surface area contributed by atoms with E-state index in [2.05, 4.69) is 65.3 Å². The van der Waals surface area contributed by atoms with Gasteiger partial charge in [-0.05, 0) is 24.1 Å². The minimum Gasteiger partial charge on any atom is -0.496 e. The fraction of sp³-hybridized carbons (Fsp3) is 0.320. The van der Waals surface area contributed by atoms with Crippen LogP contribution in [0.4, 0.5) is 5.82 Å². The molecule has 4 nitrogen and oxygen atoms in total. The van der Waals surface area contributed by atoms with Gasteiger partial charge in [0.25, 0.3) is 0 Å². The molecule has 0 saturated carbocycles. The number of pyridine rings is 1. The van der Waals surface area contributed by atoms with Gasteiger partial charge in [0.15, 0.2) is 0 Å². The van der Waals surface area contributed by atoms with Crippen molar-refractivity contribution in [2.75, 3.05) is 44.7 Å². The molecule has 1 aliphatic heterocycles. The molecular formula is C25H29N3O. The molecule has 4 rings (SSSR count). The Balaban J connectivity index is 1.59. The third-order valence-electron chi connectivity index (χ3n) is 5.66. The maximum atomic E-state index is 5.44. The first-order chi connectivity index (χ1) is 14.3. The molecule has 3 aromatic rings. The highest BCUT2D eigenvalue weighted by atomic mass is 16.5. The van der Waals surface area contributed by atoms with Crippen molar-refractivity contribution in [3.63, 3.8) is 0 Å². The Hall–Kier alpha value is -2.85. The van der Waals surface area contributed by atoms with Crippen molar-refractivity contribution in [2.45, 2.75) is 13.3 Å². The summed E-state index contributed by atoms with van der Waals surface area (Å²) >= 11 is 0. The van der Waals surface area contributed by atoms with Gasteiger partial charge in [-0.1, -0.05) is 61.5 Å². The number of benzene rings is 2. The summed E-state index contributed by atoms with van der Waals surface area (Å²) in [6.45, 7) is 7.62. The van der Waals surface area contributed by atoms with Gasteiger partial charge in [-0.3, -0.25) is 0 Å². The monoisotopic (exact) mass is 387 g/mol. The molecule has 1 aromatic heterocycles. The van der Waals surface area contributed by atoms with E-state index in [0.717, 1.165) is 62.0 Å². The second-order valence-corrected chi connectivity index (χ2v) is 7.43. The number of hydrogen-bond acceptors (Lipinski definition) is 4. The predicted molar refractivity (Wildman–Crippen MR) is 122 cm³/mol. The lowest BCUT2D eigenvalue weighted by Gasteiger charge is -2.35. The Bertz CT molecular complexity index is 990. The van der Waals surface area contributed by atoms with Crippen molar-refractivity contribution in [3.8, 4) is 5.75 Å². The van der Waals surface area contributed by atoms with E-state index < -0.39 is 0 Å². The Kier molecular flexibility index (Phi) is 6.11. The number of allylic oxidation sites excluding steroid dienone is 1. The van der Waals surface area contributed by atoms with Crippen molar-refractivity contribution in [2.24, 2.45) is 0 Å². The number of ether oxygens (including phenoxy) is 1. The molecular weight excluding hydrogens is 358 g/mol. The summed E-state index contributed by atoms with van der Waals surface area (Å²) in [5, 5.41) is 2.51. The second-order valence-electron chi connectivity index (χ2n) is 7.43. The van der Waals surface area contributed by atoms with Crippen LogP contribution in [0.5, 0.6) is 5.75 Å². The van der Waals surface area contributed by atoms with Crippen LogP contribution in [-0.4, -0.2) is 49.7 Å². The minimum absolute atomic E-state index is 0.796. The van der Waals surface area contributed by atoms with E-state index in [1.165, 1.54) is 10.8 Å². The molecule has 150 valence electrons. The average molecular weight is 388 g/mol. The fourth-order valence-electron chi connectivity index (χ4n) is 3.97. The molecule has 0 spiro atoms. The molecule has 0 atom stereocenters. The first kappa shape index (κ1) is 19.5. The van der Waals surface area contributed by atoms with Crippen LogP contribution in [0.25, 0.3) is 16.8 Å². The van der Waals surface area contributed by atoms with Crippen LogP contribution in [0.2, 0.25) is 0 Å². The molecule has 0 N–H and O–H groups in total. The fourth-order valence-corrected chi connectivity index (χ4v) is 3.97. The van der Waals surface area contributed by atoms with E-state index in [1.54, 1.807) is 7.11 Å². The molecule has 0 radical (unpaired) electrons. The zero-order valence-electron chi connectivity index (χ0n) is 17.3. The van der Waals surface area contributed by atoms with Crippen LogP contribution in [0.15, 0.2) is 60.7 Å². The number of likely N-dealkylation sites (N-methyl/N-ethyl adjacent to an activating group) is 1. The number of aromatic nitrogens is 1. The molecule has 4 heteroatoms. The highest BCUT2D eigenvalue weighted by Crippen LogP contribution is 2.27. The van der Waals surface area contributed by atoms with Gasteiger partial charge in [-0.2, -0.15) is 0 Å². The van der Waals surface area contributed by atoms with Crippen LogP contribution in [-0.2, 0) is 6.42 Å². The Morgan fingerprint density at radius 1 is 1.00 bits per heavy atom. The number of fused-ring (bicyclic) bond motifs is 1. The Labute approximate surface area is 173 Å². The number of rotatable bonds is 6. The van der Waals surface area contributed by atoms with Crippen molar-refractivity contribution in [1.82, 2.24) is 9.88 Å². The highest BCUT2D eigenvalue weighted by molar-refractivity contribution is 5.92. The molecule has 0 aliphatic carbocycles. The van der Waals surface area contributed by atoms with Gasteiger partial charge >= 0.3 is 0 Å². The van der Waals surface area contributed by atoms with Crippen LogP contribution in [0.1, 0.15) is 18.2 Å². The highest BCUT2D eigenvalue weighted by Gasteiger charge is 2.19. The number of nitrogens with zero attached hydrogens (tertiary/aromatic N) is 3. The van der Waals surface area contributed by atoms with Crippen LogP contribution >= 0.6 is 0 Å². The number of para-hydroxylation sites is 1. The quantitative estimate of drug-likeness (QED) is 0.616. The smallest absolute Gasteiger partial charge is 0.136 e. The first-order valence-electron chi connectivity index (χ1n) is 10.4. The van der Waals surface area contributed by atoms with Crippen molar-refractivity contribution >= 4 is 22.7 Å². The maximum Gasteiger partial charge on any atom is 0.136 e. The first-order valence-corrected chi connectivity index (χ1v) is 10.4. The molecule has 0 unspecified atom stereocenters. The van der Waals surface area contributed by atoms with Crippen molar-refractivity contribution in [3.05, 3.63) is 71.9 Å². The molecule has 0 bridgehead atoms.